The van der Waals surface area contributed by atoms with E-state index in [0.717, 1.165) is 19.5 Å². The minimum atomic E-state index is 0.0775. The number of hydrogen-bond acceptors (Lipinski definition) is 3. The van der Waals surface area contributed by atoms with Crippen LogP contribution in [0.4, 0.5) is 4.79 Å². The van der Waals surface area contributed by atoms with Crippen molar-refractivity contribution in [3.8, 4) is 0 Å². The molecule has 1 heterocycles. The molecule has 0 aliphatic carbocycles. The predicted octanol–water partition coefficient (Wildman–Crippen LogP) is 0.421. The van der Waals surface area contributed by atoms with Gasteiger partial charge >= 0.3 is 0 Å². The highest BCUT2D eigenvalue weighted by molar-refractivity contribution is 8.12. The van der Waals surface area contributed by atoms with Crippen LogP contribution in [0.15, 0.2) is 0 Å². The third kappa shape index (κ3) is 2.19. The Labute approximate surface area is 64.9 Å². The fraction of sp³-hybridized carbons (Fsp3) is 0.833. The van der Waals surface area contributed by atoms with Crippen LogP contribution in [0.25, 0.3) is 0 Å². The van der Waals surface area contributed by atoms with Crippen LogP contribution in [0.3, 0.4) is 0 Å². The van der Waals surface area contributed by atoms with E-state index >= 15 is 0 Å². The van der Waals surface area contributed by atoms with Crippen molar-refractivity contribution < 1.29 is 4.79 Å². The van der Waals surface area contributed by atoms with E-state index in [-0.39, 0.29) is 5.24 Å². The number of hydrogen-bond donors (Lipinski definition) is 2. The third-order valence-corrected chi connectivity index (χ3v) is 2.06. The van der Waals surface area contributed by atoms with Crippen LogP contribution in [0.1, 0.15) is 6.42 Å². The van der Waals surface area contributed by atoms with Crippen LogP contribution in [-0.2, 0) is 0 Å². The molecule has 3 nitrogen and oxygen atoms in total. The number of rotatable bonds is 1. The summed E-state index contributed by atoms with van der Waals surface area (Å²) in [5, 5.41) is 6.15. The van der Waals surface area contributed by atoms with Gasteiger partial charge in [-0.1, -0.05) is 11.8 Å². The molecule has 1 rings (SSSR count). The van der Waals surface area contributed by atoms with Crippen molar-refractivity contribution in [3.05, 3.63) is 0 Å². The van der Waals surface area contributed by atoms with Crippen LogP contribution >= 0.6 is 11.8 Å². The van der Waals surface area contributed by atoms with E-state index in [0.29, 0.717) is 6.04 Å². The van der Waals surface area contributed by atoms with Crippen LogP contribution in [0, 0.1) is 0 Å². The topological polar surface area (TPSA) is 41.1 Å². The molecule has 1 fully saturated rings. The van der Waals surface area contributed by atoms with Gasteiger partial charge in [-0.2, -0.15) is 0 Å². The van der Waals surface area contributed by atoms with Gasteiger partial charge in [-0.25, -0.2) is 0 Å². The van der Waals surface area contributed by atoms with Crippen molar-refractivity contribution in [2.75, 3.05) is 19.3 Å². The molecule has 0 spiro atoms. The molecule has 4 heteroatoms. The van der Waals surface area contributed by atoms with Crippen molar-refractivity contribution in [1.82, 2.24) is 10.6 Å². The minimum absolute atomic E-state index is 0.0775. The molecule has 0 saturated carbocycles. The number of amides is 1. The van der Waals surface area contributed by atoms with Crippen LogP contribution in [0.5, 0.6) is 0 Å². The van der Waals surface area contributed by atoms with E-state index in [9.17, 15) is 4.79 Å². The summed E-state index contributed by atoms with van der Waals surface area (Å²) in [7, 11) is 0. The summed E-state index contributed by atoms with van der Waals surface area (Å²) >= 11 is 1.23. The van der Waals surface area contributed by atoms with Crippen molar-refractivity contribution in [2.45, 2.75) is 12.5 Å². The second-order valence-electron chi connectivity index (χ2n) is 2.33. The van der Waals surface area contributed by atoms with Gasteiger partial charge < -0.3 is 10.6 Å². The smallest absolute Gasteiger partial charge is 0.279 e. The zero-order valence-corrected chi connectivity index (χ0v) is 6.83. The molecule has 1 aliphatic heterocycles. The monoisotopic (exact) mass is 160 g/mol. The molecule has 1 atom stereocenters. The Hall–Kier alpha value is -0.220. The second kappa shape index (κ2) is 3.83. The van der Waals surface area contributed by atoms with Gasteiger partial charge in [0.2, 0.25) is 0 Å². The fourth-order valence-corrected chi connectivity index (χ4v) is 1.29. The molecular formula is C6H12N2OS. The van der Waals surface area contributed by atoms with Crippen molar-refractivity contribution in [1.29, 1.82) is 0 Å². The summed E-state index contributed by atoms with van der Waals surface area (Å²) in [6, 6.07) is 0.361. The predicted molar refractivity (Wildman–Crippen MR) is 43.3 cm³/mol. The molecule has 1 amide bonds. The molecule has 1 aliphatic rings. The molecule has 0 aromatic carbocycles. The lowest BCUT2D eigenvalue weighted by molar-refractivity contribution is 0.258. The first-order valence-corrected chi connectivity index (χ1v) is 4.60. The Bertz CT molecular complexity index is 123. The third-order valence-electron chi connectivity index (χ3n) is 1.57. The SMILES string of the molecule is CSC(=O)NC1CCNC1. The number of carbonyl (C=O) groups excluding carboxylic acids is 1. The summed E-state index contributed by atoms with van der Waals surface area (Å²) in [6.07, 6.45) is 2.85. The molecule has 0 aromatic heterocycles. The highest BCUT2D eigenvalue weighted by Gasteiger charge is 2.15. The quantitative estimate of drug-likeness (QED) is 0.584. The summed E-state index contributed by atoms with van der Waals surface area (Å²) in [5.74, 6) is 0. The van der Waals surface area contributed by atoms with E-state index in [1.165, 1.54) is 11.8 Å². The van der Waals surface area contributed by atoms with Gasteiger partial charge in [-0.15, -0.1) is 0 Å². The molecule has 0 aromatic rings. The summed E-state index contributed by atoms with van der Waals surface area (Å²) in [6.45, 7) is 1.95. The molecule has 10 heavy (non-hydrogen) atoms. The van der Waals surface area contributed by atoms with Gasteiger partial charge in [0.15, 0.2) is 0 Å². The fourth-order valence-electron chi connectivity index (χ4n) is 1.00. The first-order valence-electron chi connectivity index (χ1n) is 3.38. The van der Waals surface area contributed by atoms with Gasteiger partial charge in [0.25, 0.3) is 5.24 Å². The lowest BCUT2D eigenvalue weighted by Crippen LogP contribution is -2.33. The summed E-state index contributed by atoms with van der Waals surface area (Å²) in [4.78, 5) is 10.8. The molecular weight excluding hydrogens is 148 g/mol. The molecule has 1 saturated heterocycles. The Morgan fingerprint density at radius 1 is 1.80 bits per heavy atom. The zero-order valence-electron chi connectivity index (χ0n) is 6.02. The highest BCUT2D eigenvalue weighted by atomic mass is 32.2. The molecule has 1 unspecified atom stereocenters. The molecule has 58 valence electrons. The van der Waals surface area contributed by atoms with Gasteiger partial charge in [-0.3, -0.25) is 4.79 Å². The maximum atomic E-state index is 10.8. The van der Waals surface area contributed by atoms with Crippen molar-refractivity contribution in [3.63, 3.8) is 0 Å². The maximum Gasteiger partial charge on any atom is 0.279 e. The lowest BCUT2D eigenvalue weighted by atomic mass is 10.3. The van der Waals surface area contributed by atoms with E-state index in [2.05, 4.69) is 10.6 Å². The van der Waals surface area contributed by atoms with E-state index in [4.69, 9.17) is 0 Å². The van der Waals surface area contributed by atoms with Gasteiger partial charge in [0, 0.05) is 12.6 Å². The Kier molecular flexibility index (Phi) is 3.02. The van der Waals surface area contributed by atoms with E-state index in [1.807, 2.05) is 0 Å². The average Bonchev–Trinajstić information content (AvgIpc) is 2.40. The minimum Gasteiger partial charge on any atom is -0.343 e. The average molecular weight is 160 g/mol. The van der Waals surface area contributed by atoms with Gasteiger partial charge in [0.1, 0.15) is 0 Å². The molecule has 0 bridgehead atoms. The number of carbonyl (C=O) groups is 1. The van der Waals surface area contributed by atoms with Gasteiger partial charge in [-0.05, 0) is 19.2 Å². The number of nitrogens with one attached hydrogen (secondary N) is 2. The Morgan fingerprint density at radius 3 is 3.10 bits per heavy atom. The zero-order chi connectivity index (χ0) is 7.40. The Morgan fingerprint density at radius 2 is 2.60 bits per heavy atom. The van der Waals surface area contributed by atoms with E-state index < -0.39 is 0 Å². The molecule has 2 N–H and O–H groups in total. The van der Waals surface area contributed by atoms with Crippen LogP contribution in [-0.4, -0.2) is 30.6 Å². The van der Waals surface area contributed by atoms with E-state index in [1.54, 1.807) is 6.26 Å². The summed E-state index contributed by atoms with van der Waals surface area (Å²) < 4.78 is 0. The molecule has 0 radical (unpaired) electrons. The lowest BCUT2D eigenvalue weighted by Gasteiger charge is -2.08. The van der Waals surface area contributed by atoms with Crippen molar-refractivity contribution >= 4 is 17.0 Å². The van der Waals surface area contributed by atoms with Gasteiger partial charge in [0.05, 0.1) is 0 Å². The van der Waals surface area contributed by atoms with Crippen LogP contribution in [0.2, 0.25) is 0 Å². The maximum absolute atomic E-state index is 10.8. The summed E-state index contributed by atoms with van der Waals surface area (Å²) in [5.41, 5.74) is 0. The normalized spacial score (nSPS) is 24.7. The van der Waals surface area contributed by atoms with Crippen molar-refractivity contribution in [2.24, 2.45) is 0 Å². The standard InChI is InChI=1S/C6H12N2OS/c1-10-6(9)8-5-2-3-7-4-5/h5,7H,2-4H2,1H3,(H,8,9). The highest BCUT2D eigenvalue weighted by Crippen LogP contribution is 2.00. The largest absolute Gasteiger partial charge is 0.343 e. The first-order chi connectivity index (χ1) is 4.83. The first kappa shape index (κ1) is 7.88. The van der Waals surface area contributed by atoms with Crippen LogP contribution < -0.4 is 10.6 Å². The second-order valence-corrected chi connectivity index (χ2v) is 3.10. The Balaban J connectivity index is 2.17. The number of thioether (sulfide) groups is 1.